The minimum absolute atomic E-state index is 0.0131. The molecule has 0 unspecified atom stereocenters. The number of hydrogen-bond acceptors (Lipinski definition) is 3. The number of aliphatic carboxylic acids is 1. The number of rotatable bonds is 7. The lowest BCUT2D eigenvalue weighted by molar-refractivity contribution is -0.139. The number of likely N-dealkylation sites (N-methyl/N-ethyl adjacent to an activating group) is 1. The van der Waals surface area contributed by atoms with Crippen LogP contribution in [0.1, 0.15) is 46.0 Å². The van der Waals surface area contributed by atoms with Crippen molar-refractivity contribution in [2.24, 2.45) is 5.41 Å². The maximum Gasteiger partial charge on any atom is 0.303 e. The molecule has 0 saturated heterocycles. The molecule has 0 aliphatic heterocycles. The van der Waals surface area contributed by atoms with Gasteiger partial charge in [-0.15, -0.1) is 0 Å². The predicted octanol–water partition coefficient (Wildman–Crippen LogP) is 1.48. The molecular weight excluding hydrogens is 244 g/mol. The van der Waals surface area contributed by atoms with E-state index >= 15 is 0 Å². The van der Waals surface area contributed by atoms with E-state index in [0.29, 0.717) is 6.54 Å². The molecule has 19 heavy (non-hydrogen) atoms. The number of carboxylic acids is 1. The quantitative estimate of drug-likeness (QED) is 0.735. The summed E-state index contributed by atoms with van der Waals surface area (Å²) in [6.07, 6.45) is 3.69. The standard InChI is InChI=1S/C14H26N2O3/c1-13(2,9-12(18)19)8-11(17)15-10-14(16(3)4)6-5-7-14/h5-10H2,1-4H3,(H,15,17)(H,18,19). The molecular formula is C14H26N2O3. The van der Waals surface area contributed by atoms with Crippen LogP contribution in [0.3, 0.4) is 0 Å². The monoisotopic (exact) mass is 270 g/mol. The normalized spacial score (nSPS) is 17.9. The van der Waals surface area contributed by atoms with Gasteiger partial charge in [0, 0.05) is 18.5 Å². The van der Waals surface area contributed by atoms with E-state index in [1.54, 1.807) is 0 Å². The van der Waals surface area contributed by atoms with Gasteiger partial charge < -0.3 is 15.3 Å². The summed E-state index contributed by atoms with van der Waals surface area (Å²) >= 11 is 0. The van der Waals surface area contributed by atoms with E-state index in [1.165, 1.54) is 6.42 Å². The van der Waals surface area contributed by atoms with Crippen molar-refractivity contribution < 1.29 is 14.7 Å². The molecule has 1 aliphatic rings. The molecule has 0 spiro atoms. The van der Waals surface area contributed by atoms with Crippen molar-refractivity contribution in [1.29, 1.82) is 0 Å². The zero-order chi connectivity index (χ0) is 14.7. The molecule has 1 saturated carbocycles. The Morgan fingerprint density at radius 3 is 2.21 bits per heavy atom. The van der Waals surface area contributed by atoms with Gasteiger partial charge in [-0.1, -0.05) is 13.8 Å². The predicted molar refractivity (Wildman–Crippen MR) is 73.9 cm³/mol. The number of nitrogens with zero attached hydrogens (tertiary/aromatic N) is 1. The van der Waals surface area contributed by atoms with Gasteiger partial charge in [-0.2, -0.15) is 0 Å². The van der Waals surface area contributed by atoms with Gasteiger partial charge in [-0.3, -0.25) is 9.59 Å². The van der Waals surface area contributed by atoms with Gasteiger partial charge >= 0.3 is 5.97 Å². The van der Waals surface area contributed by atoms with Gasteiger partial charge in [0.15, 0.2) is 0 Å². The van der Waals surface area contributed by atoms with Gasteiger partial charge in [0.1, 0.15) is 0 Å². The summed E-state index contributed by atoms with van der Waals surface area (Å²) in [4.78, 5) is 24.8. The second-order valence-electron chi connectivity index (χ2n) is 6.66. The fourth-order valence-corrected chi connectivity index (χ4v) is 2.60. The van der Waals surface area contributed by atoms with Crippen LogP contribution in [-0.4, -0.2) is 48.1 Å². The van der Waals surface area contributed by atoms with E-state index < -0.39 is 11.4 Å². The smallest absolute Gasteiger partial charge is 0.303 e. The van der Waals surface area contributed by atoms with E-state index in [2.05, 4.69) is 10.2 Å². The van der Waals surface area contributed by atoms with Crippen molar-refractivity contribution in [3.63, 3.8) is 0 Å². The zero-order valence-corrected chi connectivity index (χ0v) is 12.5. The lowest BCUT2D eigenvalue weighted by Crippen LogP contribution is -2.57. The van der Waals surface area contributed by atoms with Crippen molar-refractivity contribution in [2.45, 2.75) is 51.5 Å². The largest absolute Gasteiger partial charge is 0.481 e. The van der Waals surface area contributed by atoms with Crippen LogP contribution in [0.4, 0.5) is 0 Å². The van der Waals surface area contributed by atoms with Crippen molar-refractivity contribution in [3.05, 3.63) is 0 Å². The first kappa shape index (κ1) is 16.0. The van der Waals surface area contributed by atoms with Gasteiger partial charge in [0.05, 0.1) is 6.42 Å². The summed E-state index contributed by atoms with van der Waals surface area (Å²) in [5, 5.41) is 11.8. The minimum Gasteiger partial charge on any atom is -0.481 e. The number of nitrogens with one attached hydrogen (secondary N) is 1. The Hall–Kier alpha value is -1.10. The Bertz CT molecular complexity index is 347. The van der Waals surface area contributed by atoms with Crippen molar-refractivity contribution >= 4 is 11.9 Å². The molecule has 0 aromatic heterocycles. The van der Waals surface area contributed by atoms with Crippen LogP contribution in [-0.2, 0) is 9.59 Å². The highest BCUT2D eigenvalue weighted by Crippen LogP contribution is 2.35. The van der Waals surface area contributed by atoms with Crippen LogP contribution in [0.2, 0.25) is 0 Å². The molecule has 0 radical (unpaired) electrons. The first-order chi connectivity index (χ1) is 8.67. The highest BCUT2D eigenvalue weighted by molar-refractivity contribution is 5.78. The molecule has 5 heteroatoms. The summed E-state index contributed by atoms with van der Waals surface area (Å²) in [5.41, 5.74) is -0.395. The summed E-state index contributed by atoms with van der Waals surface area (Å²) in [6.45, 7) is 4.28. The molecule has 5 nitrogen and oxygen atoms in total. The highest BCUT2D eigenvalue weighted by Gasteiger charge is 2.39. The maximum absolute atomic E-state index is 11.9. The molecule has 1 rings (SSSR count). The molecule has 0 bridgehead atoms. The summed E-state index contributed by atoms with van der Waals surface area (Å²) in [5.74, 6) is -0.916. The van der Waals surface area contributed by atoms with Gasteiger partial charge in [-0.25, -0.2) is 0 Å². The summed E-state index contributed by atoms with van der Waals surface area (Å²) in [6, 6.07) is 0. The minimum atomic E-state index is -0.860. The third-order valence-electron chi connectivity index (χ3n) is 4.12. The number of carbonyl (C=O) groups is 2. The number of hydrogen-bond donors (Lipinski definition) is 2. The second kappa shape index (κ2) is 5.90. The van der Waals surface area contributed by atoms with E-state index in [1.807, 2.05) is 27.9 Å². The number of amides is 1. The molecule has 110 valence electrons. The lowest BCUT2D eigenvalue weighted by atomic mass is 9.75. The van der Waals surface area contributed by atoms with Crippen LogP contribution in [0.15, 0.2) is 0 Å². The highest BCUT2D eigenvalue weighted by atomic mass is 16.4. The SMILES string of the molecule is CN(C)C1(CNC(=O)CC(C)(C)CC(=O)O)CCC1. The van der Waals surface area contributed by atoms with Crippen molar-refractivity contribution in [2.75, 3.05) is 20.6 Å². The van der Waals surface area contributed by atoms with Crippen LogP contribution in [0.5, 0.6) is 0 Å². The Kier molecular flexibility index (Phi) is 4.96. The van der Waals surface area contributed by atoms with Gasteiger partial charge in [0.2, 0.25) is 5.91 Å². The average molecular weight is 270 g/mol. The molecule has 2 N–H and O–H groups in total. The molecule has 1 fully saturated rings. The third-order valence-corrected chi connectivity index (χ3v) is 4.12. The molecule has 0 atom stereocenters. The molecule has 0 aromatic carbocycles. The first-order valence-electron chi connectivity index (χ1n) is 6.83. The topological polar surface area (TPSA) is 69.6 Å². The molecule has 0 heterocycles. The number of carboxylic acid groups (broad SMARTS) is 1. The van der Waals surface area contributed by atoms with Crippen LogP contribution in [0, 0.1) is 5.41 Å². The zero-order valence-electron chi connectivity index (χ0n) is 12.5. The Morgan fingerprint density at radius 1 is 1.26 bits per heavy atom. The first-order valence-corrected chi connectivity index (χ1v) is 6.83. The van der Waals surface area contributed by atoms with Crippen LogP contribution >= 0.6 is 0 Å². The second-order valence-corrected chi connectivity index (χ2v) is 6.66. The maximum atomic E-state index is 11.9. The fourth-order valence-electron chi connectivity index (χ4n) is 2.60. The number of carbonyl (C=O) groups excluding carboxylic acids is 1. The lowest BCUT2D eigenvalue weighted by Gasteiger charge is -2.47. The van der Waals surface area contributed by atoms with Crippen LogP contribution in [0.25, 0.3) is 0 Å². The third kappa shape index (κ3) is 4.49. The summed E-state index contributed by atoms with van der Waals surface area (Å²) in [7, 11) is 4.08. The Labute approximate surface area is 115 Å². The van der Waals surface area contributed by atoms with E-state index in [-0.39, 0.29) is 24.3 Å². The Balaban J connectivity index is 2.41. The van der Waals surface area contributed by atoms with Gasteiger partial charge in [-0.05, 0) is 38.8 Å². The molecule has 1 amide bonds. The van der Waals surface area contributed by atoms with E-state index in [4.69, 9.17) is 5.11 Å². The van der Waals surface area contributed by atoms with Gasteiger partial charge in [0.25, 0.3) is 0 Å². The molecule has 1 aliphatic carbocycles. The van der Waals surface area contributed by atoms with Crippen molar-refractivity contribution in [1.82, 2.24) is 10.2 Å². The van der Waals surface area contributed by atoms with Crippen molar-refractivity contribution in [3.8, 4) is 0 Å². The fraction of sp³-hybridized carbons (Fsp3) is 0.857. The van der Waals surface area contributed by atoms with E-state index in [0.717, 1.165) is 12.8 Å². The Morgan fingerprint density at radius 2 is 1.84 bits per heavy atom. The summed E-state index contributed by atoms with van der Waals surface area (Å²) < 4.78 is 0. The average Bonchev–Trinajstić information content (AvgIpc) is 2.11. The van der Waals surface area contributed by atoms with Crippen LogP contribution < -0.4 is 5.32 Å². The van der Waals surface area contributed by atoms with E-state index in [9.17, 15) is 9.59 Å². The molecule has 0 aromatic rings.